The molecule has 4 nitrogen and oxygen atoms in total. The molecule has 1 aromatic carbocycles. The summed E-state index contributed by atoms with van der Waals surface area (Å²) in [6.07, 6.45) is 6.74. The topological polar surface area (TPSA) is 41.6 Å². The van der Waals surface area contributed by atoms with Crippen LogP contribution < -0.4 is 10.2 Å². The zero-order valence-corrected chi connectivity index (χ0v) is 14.1. The Bertz CT molecular complexity index is 538. The number of nitrogens with zero attached hydrogens (tertiary/aromatic N) is 1. The van der Waals surface area contributed by atoms with Gasteiger partial charge in [0.2, 0.25) is 5.91 Å². The van der Waals surface area contributed by atoms with Crippen LogP contribution in [0.1, 0.15) is 44.6 Å². The van der Waals surface area contributed by atoms with Gasteiger partial charge in [-0.25, -0.2) is 0 Å². The van der Waals surface area contributed by atoms with Crippen LogP contribution >= 0.6 is 0 Å². The van der Waals surface area contributed by atoms with Crippen molar-refractivity contribution >= 4 is 17.3 Å². The Balaban J connectivity index is 1.58. The molecule has 1 aliphatic carbocycles. The molecule has 3 rings (SSSR count). The van der Waals surface area contributed by atoms with Crippen molar-refractivity contribution < 1.29 is 9.53 Å². The van der Waals surface area contributed by atoms with E-state index in [0.717, 1.165) is 38.4 Å². The number of rotatable bonds is 7. The third-order valence-electron chi connectivity index (χ3n) is 5.02. The second-order valence-electron chi connectivity index (χ2n) is 6.68. The van der Waals surface area contributed by atoms with Crippen LogP contribution in [0.4, 0.5) is 11.4 Å². The Hall–Kier alpha value is -1.55. The molecule has 0 atom stereocenters. The van der Waals surface area contributed by atoms with Gasteiger partial charge in [0, 0.05) is 37.5 Å². The molecule has 1 fully saturated rings. The van der Waals surface area contributed by atoms with Crippen LogP contribution in [0.15, 0.2) is 18.2 Å². The first-order valence-electron chi connectivity index (χ1n) is 9.01. The van der Waals surface area contributed by atoms with E-state index in [4.69, 9.17) is 4.74 Å². The van der Waals surface area contributed by atoms with Crippen LogP contribution in [0.5, 0.6) is 0 Å². The molecule has 0 unspecified atom stereocenters. The van der Waals surface area contributed by atoms with Crippen LogP contribution in [-0.2, 0) is 16.0 Å². The minimum Gasteiger partial charge on any atom is -0.380 e. The zero-order chi connectivity index (χ0) is 16.1. The normalized spacial score (nSPS) is 17.5. The van der Waals surface area contributed by atoms with Gasteiger partial charge in [-0.2, -0.15) is 0 Å². The maximum absolute atomic E-state index is 12.2. The summed E-state index contributed by atoms with van der Waals surface area (Å²) in [6.45, 7) is 5.50. The SMILES string of the molecule is CCOCCN1CCc2ccc(NC(=O)CC3CCCC3)cc21. The van der Waals surface area contributed by atoms with Crippen molar-refractivity contribution in [1.82, 2.24) is 0 Å². The molecule has 0 saturated heterocycles. The third-order valence-corrected chi connectivity index (χ3v) is 5.02. The number of benzene rings is 1. The van der Waals surface area contributed by atoms with Gasteiger partial charge in [0.25, 0.3) is 0 Å². The van der Waals surface area contributed by atoms with Crippen LogP contribution in [0, 0.1) is 5.92 Å². The average Bonchev–Trinajstić information content (AvgIpc) is 3.17. The largest absolute Gasteiger partial charge is 0.380 e. The van der Waals surface area contributed by atoms with E-state index in [1.54, 1.807) is 0 Å². The summed E-state index contributed by atoms with van der Waals surface area (Å²) in [6, 6.07) is 6.32. The predicted molar refractivity (Wildman–Crippen MR) is 94.1 cm³/mol. The number of carbonyl (C=O) groups is 1. The molecule has 2 aliphatic rings. The fourth-order valence-electron chi connectivity index (χ4n) is 3.76. The fraction of sp³-hybridized carbons (Fsp3) is 0.632. The Morgan fingerprint density at radius 1 is 1.35 bits per heavy atom. The van der Waals surface area contributed by atoms with Crippen molar-refractivity contribution in [3.05, 3.63) is 23.8 Å². The van der Waals surface area contributed by atoms with Gasteiger partial charge in [-0.1, -0.05) is 18.9 Å². The second kappa shape index (κ2) is 7.82. The van der Waals surface area contributed by atoms with Gasteiger partial charge in [-0.15, -0.1) is 0 Å². The lowest BCUT2D eigenvalue weighted by Gasteiger charge is -2.20. The fourth-order valence-corrected chi connectivity index (χ4v) is 3.76. The lowest BCUT2D eigenvalue weighted by Crippen LogP contribution is -2.25. The van der Waals surface area contributed by atoms with E-state index in [0.29, 0.717) is 12.3 Å². The predicted octanol–water partition coefficient (Wildman–Crippen LogP) is 3.60. The molecule has 1 aromatic rings. The number of ether oxygens (including phenoxy) is 1. The minimum absolute atomic E-state index is 0.163. The van der Waals surface area contributed by atoms with Gasteiger partial charge in [0.1, 0.15) is 0 Å². The lowest BCUT2D eigenvalue weighted by atomic mass is 10.0. The number of amides is 1. The molecule has 1 heterocycles. The van der Waals surface area contributed by atoms with Gasteiger partial charge in [0.05, 0.1) is 6.61 Å². The second-order valence-corrected chi connectivity index (χ2v) is 6.68. The molecule has 0 spiro atoms. The molecule has 0 aromatic heterocycles. The van der Waals surface area contributed by atoms with E-state index >= 15 is 0 Å². The van der Waals surface area contributed by atoms with E-state index in [-0.39, 0.29) is 5.91 Å². The first-order valence-corrected chi connectivity index (χ1v) is 9.01. The molecular weight excluding hydrogens is 288 g/mol. The molecule has 23 heavy (non-hydrogen) atoms. The summed E-state index contributed by atoms with van der Waals surface area (Å²) in [7, 11) is 0. The van der Waals surface area contributed by atoms with E-state index in [1.165, 1.54) is 36.9 Å². The van der Waals surface area contributed by atoms with Crippen LogP contribution in [-0.4, -0.2) is 32.2 Å². The van der Waals surface area contributed by atoms with Crippen LogP contribution in [0.3, 0.4) is 0 Å². The summed E-state index contributed by atoms with van der Waals surface area (Å²) in [5.41, 5.74) is 3.55. The minimum atomic E-state index is 0.163. The van der Waals surface area contributed by atoms with Gasteiger partial charge < -0.3 is 15.0 Å². The van der Waals surface area contributed by atoms with Crippen LogP contribution in [0.2, 0.25) is 0 Å². The molecule has 4 heteroatoms. The Morgan fingerprint density at radius 2 is 2.17 bits per heavy atom. The number of nitrogens with one attached hydrogen (secondary N) is 1. The van der Waals surface area contributed by atoms with Crippen molar-refractivity contribution in [2.24, 2.45) is 5.92 Å². The first-order chi connectivity index (χ1) is 11.3. The number of hydrogen-bond acceptors (Lipinski definition) is 3. The monoisotopic (exact) mass is 316 g/mol. The smallest absolute Gasteiger partial charge is 0.224 e. The summed E-state index contributed by atoms with van der Waals surface area (Å²) < 4.78 is 5.47. The quantitative estimate of drug-likeness (QED) is 0.781. The molecule has 126 valence electrons. The molecular formula is C19H28N2O2. The third kappa shape index (κ3) is 4.25. The van der Waals surface area contributed by atoms with Crippen LogP contribution in [0.25, 0.3) is 0 Å². The van der Waals surface area contributed by atoms with Crippen molar-refractivity contribution in [1.29, 1.82) is 0 Å². The Kier molecular flexibility index (Phi) is 5.55. The van der Waals surface area contributed by atoms with Crippen molar-refractivity contribution in [2.45, 2.75) is 45.4 Å². The Labute approximate surface area is 139 Å². The van der Waals surface area contributed by atoms with Crippen molar-refractivity contribution in [3.8, 4) is 0 Å². The highest BCUT2D eigenvalue weighted by Gasteiger charge is 2.21. The average molecular weight is 316 g/mol. The number of anilines is 2. The van der Waals surface area contributed by atoms with Crippen molar-refractivity contribution in [2.75, 3.05) is 36.5 Å². The number of fused-ring (bicyclic) bond motifs is 1. The molecule has 1 N–H and O–H groups in total. The van der Waals surface area contributed by atoms with Gasteiger partial charge in [-0.05, 0) is 49.8 Å². The molecule has 1 aliphatic heterocycles. The van der Waals surface area contributed by atoms with E-state index in [2.05, 4.69) is 22.3 Å². The summed E-state index contributed by atoms with van der Waals surface area (Å²) in [5.74, 6) is 0.753. The molecule has 1 saturated carbocycles. The van der Waals surface area contributed by atoms with E-state index < -0.39 is 0 Å². The van der Waals surface area contributed by atoms with E-state index in [1.807, 2.05) is 13.0 Å². The summed E-state index contributed by atoms with van der Waals surface area (Å²) in [5, 5.41) is 3.09. The highest BCUT2D eigenvalue weighted by molar-refractivity contribution is 5.91. The zero-order valence-electron chi connectivity index (χ0n) is 14.1. The standard InChI is InChI=1S/C19H28N2O2/c1-2-23-12-11-21-10-9-16-7-8-17(14-18(16)21)20-19(22)13-15-5-3-4-6-15/h7-8,14-15H,2-6,9-13H2,1H3,(H,20,22). The van der Waals surface area contributed by atoms with Gasteiger partial charge >= 0.3 is 0 Å². The molecule has 0 radical (unpaired) electrons. The maximum Gasteiger partial charge on any atom is 0.224 e. The molecule has 1 amide bonds. The highest BCUT2D eigenvalue weighted by atomic mass is 16.5. The molecule has 0 bridgehead atoms. The van der Waals surface area contributed by atoms with Crippen molar-refractivity contribution in [3.63, 3.8) is 0 Å². The highest BCUT2D eigenvalue weighted by Crippen LogP contribution is 2.31. The van der Waals surface area contributed by atoms with E-state index in [9.17, 15) is 4.79 Å². The maximum atomic E-state index is 12.2. The van der Waals surface area contributed by atoms with Gasteiger partial charge in [-0.3, -0.25) is 4.79 Å². The number of carbonyl (C=O) groups excluding carboxylic acids is 1. The first kappa shape index (κ1) is 16.3. The summed E-state index contributed by atoms with van der Waals surface area (Å²) in [4.78, 5) is 14.6. The lowest BCUT2D eigenvalue weighted by molar-refractivity contribution is -0.117. The van der Waals surface area contributed by atoms with Gasteiger partial charge in [0.15, 0.2) is 0 Å². The summed E-state index contributed by atoms with van der Waals surface area (Å²) >= 11 is 0. The number of hydrogen-bond donors (Lipinski definition) is 1. The Morgan fingerprint density at radius 3 is 2.96 bits per heavy atom.